The van der Waals surface area contributed by atoms with Gasteiger partial charge >= 0.3 is 201 Å². The van der Waals surface area contributed by atoms with Crippen LogP contribution in [0.15, 0.2) is 184 Å². The molecular weight excluding hydrogens is 800 g/mol. The van der Waals surface area contributed by atoms with Gasteiger partial charge < -0.3 is 9.15 Å². The van der Waals surface area contributed by atoms with E-state index in [4.69, 9.17) is 19.0 Å². The number of anilines is 1. The fraction of sp³-hybridized carbons (Fsp3) is 0.255. The molecule has 322 valence electrons. The van der Waals surface area contributed by atoms with E-state index in [9.17, 15) is 9.59 Å². The first kappa shape index (κ1) is 43.4. The van der Waals surface area contributed by atoms with E-state index in [0.717, 1.165) is 35.9 Å². The zero-order valence-electron chi connectivity index (χ0n) is 36.2. The van der Waals surface area contributed by atoms with Crippen molar-refractivity contribution in [3.8, 4) is 5.75 Å². The van der Waals surface area contributed by atoms with Gasteiger partial charge in [-0.3, -0.25) is 5.01 Å². The second kappa shape index (κ2) is 21.2. The van der Waals surface area contributed by atoms with Crippen molar-refractivity contribution in [2.45, 2.75) is 70.3 Å². The molecule has 6 aromatic carbocycles. The van der Waals surface area contributed by atoms with Crippen LogP contribution in [0.5, 0.6) is 5.75 Å². The third-order valence-corrected chi connectivity index (χ3v) is 17.5. The van der Waals surface area contributed by atoms with Crippen molar-refractivity contribution < 1.29 is 18.7 Å². The Morgan fingerprint density at radius 3 is 1.76 bits per heavy atom. The smallest absolute Gasteiger partial charge is 0.0622 e. The molecule has 0 saturated carbocycles. The molecule has 1 aliphatic rings. The first-order valence-electron chi connectivity index (χ1n) is 22.5. The minimum atomic E-state index is -2.15. The number of ether oxygens (including phenoxy) is 2. The third-order valence-electron chi connectivity index (χ3n) is 12.4. The first-order chi connectivity index (χ1) is 31.0. The molecule has 0 radical (unpaired) electrons. The van der Waals surface area contributed by atoms with Gasteiger partial charge in [-0.2, -0.15) is 5.10 Å². The number of methoxy groups -OCH3 is 1. The molecule has 7 aromatic rings. The van der Waals surface area contributed by atoms with Gasteiger partial charge in [0.25, 0.3) is 0 Å². The summed E-state index contributed by atoms with van der Waals surface area (Å²) in [5.41, 5.74) is 3.48. The maximum Gasteiger partial charge on any atom is 0.0831 e. The Morgan fingerprint density at radius 1 is 0.651 bits per heavy atom. The molecule has 0 amide bonds. The largest absolute Gasteiger partial charge is 0.0831 e. The number of carbonyl (C=O) groups is 1. The van der Waals surface area contributed by atoms with E-state index >= 15 is 0 Å². The summed E-state index contributed by atoms with van der Waals surface area (Å²) in [7, 11) is -0.542. The Labute approximate surface area is 371 Å². The van der Waals surface area contributed by atoms with Gasteiger partial charge in [0.15, 0.2) is 0 Å². The van der Waals surface area contributed by atoms with Crippen molar-refractivity contribution in [2.75, 3.05) is 24.9 Å². The van der Waals surface area contributed by atoms with Gasteiger partial charge in [0.05, 0.1) is 35.7 Å². The van der Waals surface area contributed by atoms with Gasteiger partial charge in [-0.15, -0.1) is 0 Å². The summed E-state index contributed by atoms with van der Waals surface area (Å²) in [4.78, 5) is 26.2. The quantitative estimate of drug-likeness (QED) is 0.0329. The van der Waals surface area contributed by atoms with Crippen LogP contribution in [0.4, 0.5) is 5.69 Å². The van der Waals surface area contributed by atoms with Crippen molar-refractivity contribution in [1.82, 2.24) is 0 Å². The molecule has 1 aliphatic heterocycles. The Balaban J connectivity index is 0.785. The van der Waals surface area contributed by atoms with E-state index in [2.05, 4.69) is 103 Å². The van der Waals surface area contributed by atoms with Crippen LogP contribution < -0.4 is 31.3 Å². The number of hydrogen-bond donors (Lipinski definition) is 0. The Kier molecular flexibility index (Phi) is 14.6. The van der Waals surface area contributed by atoms with Crippen LogP contribution in [-0.2, 0) is 4.74 Å². The van der Waals surface area contributed by atoms with Crippen LogP contribution in [0.1, 0.15) is 91.7 Å². The number of hydrazone groups is 1. The minimum absolute atomic E-state index is 0.147. The second-order valence-electron chi connectivity index (χ2n) is 16.5. The Bertz CT molecular complexity index is 2540. The van der Waals surface area contributed by atoms with Crippen LogP contribution >= 0.6 is 7.26 Å². The van der Waals surface area contributed by atoms with Gasteiger partial charge in [-0.05, 0) is 54.1 Å². The van der Waals surface area contributed by atoms with Crippen molar-refractivity contribution in [3.05, 3.63) is 197 Å². The summed E-state index contributed by atoms with van der Waals surface area (Å²) < 4.78 is 16.8. The minimum Gasteiger partial charge on any atom is -0.0622 e. The Hall–Kier alpha value is -6.30. The molecule has 0 saturated heterocycles. The standard InChI is InChI=1S/C55H57N2O5P/c1-60-46-35-36-53-44(39-46)40-50(55(59)62-53)51-41-52(42-23-13-9-14-24-42)57(56-51)45-33-31-43(32-34-45)54(58)61-37-21-7-5-3-2-4-6-8-22-38-63(47-25-15-10-16-26-47,48-27-17-11-18-28-48)49-29-19-12-20-30-49/h9-20,23-36,39-40,52,63H,2-8,21-22,37-38,41H2,1H3. The summed E-state index contributed by atoms with van der Waals surface area (Å²) in [5.74, 6) is 0.354. The molecule has 1 atom stereocenters. The van der Waals surface area contributed by atoms with Gasteiger partial charge in [-0.1, -0.05) is 30.3 Å². The van der Waals surface area contributed by atoms with E-state index in [1.165, 1.54) is 60.6 Å². The molecule has 0 bridgehead atoms. The number of benzene rings is 6. The molecular formula is C55H57N2O5P. The SMILES string of the molecule is COc1ccc2oc(=O)c(C3=NN(c4ccc(C(=O)OCCCCCCCCCCC[PH](c5ccccc5)(c5ccccc5)c5ccccc5)cc4)C(c4ccccc4)C3)cc2c1. The molecule has 7 nitrogen and oxygen atoms in total. The fourth-order valence-corrected chi connectivity index (χ4v) is 14.0. The molecule has 0 fully saturated rings. The second-order valence-corrected chi connectivity index (χ2v) is 20.5. The number of carbonyl (C=O) groups excluding carboxylic acids is 1. The molecule has 2 heterocycles. The molecule has 0 spiro atoms. The summed E-state index contributed by atoms with van der Waals surface area (Å²) in [6, 6.07) is 58.2. The van der Waals surface area contributed by atoms with Crippen LogP contribution in [0, 0.1) is 0 Å². The molecule has 63 heavy (non-hydrogen) atoms. The van der Waals surface area contributed by atoms with Crippen LogP contribution in [0.3, 0.4) is 0 Å². The topological polar surface area (TPSA) is 81.3 Å². The van der Waals surface area contributed by atoms with E-state index < -0.39 is 12.9 Å². The van der Waals surface area contributed by atoms with Gasteiger partial charge in [0.1, 0.15) is 11.3 Å². The molecule has 8 rings (SSSR count). The first-order valence-corrected chi connectivity index (χ1v) is 24.7. The molecule has 1 aromatic heterocycles. The molecule has 0 N–H and O–H groups in total. The monoisotopic (exact) mass is 856 g/mol. The average Bonchev–Trinajstić information content (AvgIpc) is 3.79. The van der Waals surface area contributed by atoms with Crippen molar-refractivity contribution >= 4 is 51.5 Å². The normalized spacial score (nSPS) is 14.1. The summed E-state index contributed by atoms with van der Waals surface area (Å²) in [5, 5.41) is 12.1. The summed E-state index contributed by atoms with van der Waals surface area (Å²) >= 11 is 0. The van der Waals surface area contributed by atoms with Gasteiger partial charge in [0, 0.05) is 11.8 Å². The van der Waals surface area contributed by atoms with Crippen molar-refractivity contribution in [1.29, 1.82) is 0 Å². The molecule has 0 aliphatic carbocycles. The predicted molar refractivity (Wildman–Crippen MR) is 262 cm³/mol. The van der Waals surface area contributed by atoms with E-state index in [-0.39, 0.29) is 12.0 Å². The number of rotatable bonds is 20. The zero-order valence-corrected chi connectivity index (χ0v) is 37.2. The fourth-order valence-electron chi connectivity index (χ4n) is 9.10. The zero-order chi connectivity index (χ0) is 43.3. The van der Waals surface area contributed by atoms with E-state index in [1.807, 2.05) is 47.5 Å². The van der Waals surface area contributed by atoms with Crippen LogP contribution in [0.25, 0.3) is 11.0 Å². The molecule has 1 unspecified atom stereocenters. The number of unbranched alkanes of at least 4 members (excludes halogenated alkanes) is 8. The number of nitrogens with zero attached hydrogens (tertiary/aromatic N) is 2. The average molecular weight is 857 g/mol. The van der Waals surface area contributed by atoms with Gasteiger partial charge in [-0.25, -0.2) is 9.59 Å². The third kappa shape index (κ3) is 10.3. The Morgan fingerprint density at radius 2 is 1.19 bits per heavy atom. The van der Waals surface area contributed by atoms with Crippen molar-refractivity contribution in [2.24, 2.45) is 5.10 Å². The molecule has 8 heteroatoms. The maximum atomic E-state index is 13.2. The van der Waals surface area contributed by atoms with Crippen LogP contribution in [0.2, 0.25) is 0 Å². The van der Waals surface area contributed by atoms with E-state index in [0.29, 0.717) is 41.2 Å². The van der Waals surface area contributed by atoms with E-state index in [1.54, 1.807) is 31.4 Å². The number of esters is 1. The van der Waals surface area contributed by atoms with Gasteiger partial charge in [0.2, 0.25) is 0 Å². The predicted octanol–water partition coefficient (Wildman–Crippen LogP) is 11.6. The maximum absolute atomic E-state index is 13.2. The van der Waals surface area contributed by atoms with Crippen LogP contribution in [-0.4, -0.2) is 31.6 Å². The number of hydrogen-bond acceptors (Lipinski definition) is 7. The summed E-state index contributed by atoms with van der Waals surface area (Å²) in [6.07, 6.45) is 12.2. The number of fused-ring (bicyclic) bond motifs is 1. The van der Waals surface area contributed by atoms with Crippen molar-refractivity contribution in [3.63, 3.8) is 0 Å². The summed E-state index contributed by atoms with van der Waals surface area (Å²) in [6.45, 7) is 0.409.